The predicted octanol–water partition coefficient (Wildman–Crippen LogP) is 11.3. The zero-order chi connectivity index (χ0) is 33.8. The number of nitrogens with one attached hydrogen (secondary N) is 1. The third kappa shape index (κ3) is 34.5. The predicted molar refractivity (Wildman–Crippen MR) is 194 cm³/mol. The van der Waals surface area contributed by atoms with Crippen LogP contribution < -0.4 is 5.32 Å². The van der Waals surface area contributed by atoms with E-state index in [1.807, 2.05) is 0 Å². The average molecular weight is 646 g/mol. The van der Waals surface area contributed by atoms with Gasteiger partial charge in [0.1, 0.15) is 12.6 Å². The number of esters is 1. The monoisotopic (exact) mass is 646 g/mol. The number of aliphatic carboxylic acids is 1. The number of hydrogen-bond donors (Lipinski definition) is 2. The number of unbranched alkanes of at least 4 members (excludes halogenated alkanes) is 17. The smallest absolute Gasteiger partial charge is 0.322 e. The lowest BCUT2D eigenvalue weighted by Crippen LogP contribution is -2.28. The Morgan fingerprint density at radius 3 is 1.54 bits per heavy atom. The summed E-state index contributed by atoms with van der Waals surface area (Å²) in [6.07, 6.45) is 42.9. The van der Waals surface area contributed by atoms with Crippen molar-refractivity contribution in [3.63, 3.8) is 0 Å². The molecular formula is C40H71NO5. The Balaban J connectivity index is 3.86. The largest absolute Gasteiger partial charge is 0.480 e. The van der Waals surface area contributed by atoms with Gasteiger partial charge in [-0.1, -0.05) is 134 Å². The quantitative estimate of drug-likeness (QED) is 0.0412. The Hall–Kier alpha value is -2.37. The Morgan fingerprint density at radius 1 is 0.565 bits per heavy atom. The molecule has 46 heavy (non-hydrogen) atoms. The molecule has 6 heteroatoms. The first-order valence-corrected chi connectivity index (χ1v) is 19.1. The molecule has 0 radical (unpaired) electrons. The second-order valence-corrected chi connectivity index (χ2v) is 12.8. The Labute approximate surface area is 283 Å². The van der Waals surface area contributed by atoms with Gasteiger partial charge < -0.3 is 15.2 Å². The van der Waals surface area contributed by atoms with Crippen molar-refractivity contribution >= 4 is 17.8 Å². The molecule has 0 aliphatic heterocycles. The zero-order valence-electron chi connectivity index (χ0n) is 29.9. The standard InChI is InChI=1S/C40H71NO5/c1-3-5-7-9-10-11-12-13-14-15-16-17-18-19-20-21-22-23-24-25-31-35-40(45)46-37(32-28-8-6-4-2)33-29-26-27-30-34-38(42)41-36-39(43)44/h12-13,15-16,18-19,37H,3-11,14,17,20-36H2,1-2H3,(H,41,42)(H,43,44)/b13-12-,16-15-,19-18-. The summed E-state index contributed by atoms with van der Waals surface area (Å²) in [5.74, 6) is -1.29. The van der Waals surface area contributed by atoms with E-state index in [0.717, 1.165) is 77.0 Å². The fourth-order valence-corrected chi connectivity index (χ4v) is 5.46. The number of carboxylic acids is 1. The van der Waals surface area contributed by atoms with Gasteiger partial charge in [-0.2, -0.15) is 0 Å². The SMILES string of the molecule is CCCCCCC/C=C\C/C=C\C/C=C\CCCCCCCCC(=O)OC(CCCCCC)CCCCCCC(=O)NCC(=O)O. The van der Waals surface area contributed by atoms with E-state index >= 15 is 0 Å². The van der Waals surface area contributed by atoms with Gasteiger partial charge in [0.15, 0.2) is 0 Å². The number of allylic oxidation sites excluding steroid dienone is 6. The minimum Gasteiger partial charge on any atom is -0.480 e. The van der Waals surface area contributed by atoms with Crippen molar-refractivity contribution in [3.8, 4) is 0 Å². The molecule has 0 aliphatic carbocycles. The molecular weight excluding hydrogens is 574 g/mol. The van der Waals surface area contributed by atoms with Gasteiger partial charge in [0.25, 0.3) is 0 Å². The van der Waals surface area contributed by atoms with E-state index < -0.39 is 5.97 Å². The third-order valence-electron chi connectivity index (χ3n) is 8.31. The van der Waals surface area contributed by atoms with Crippen LogP contribution in [0.3, 0.4) is 0 Å². The summed E-state index contributed by atoms with van der Waals surface area (Å²) in [6, 6.07) is 0. The summed E-state index contributed by atoms with van der Waals surface area (Å²) in [4.78, 5) is 34.7. The van der Waals surface area contributed by atoms with E-state index in [-0.39, 0.29) is 24.5 Å². The Kier molecular flexibility index (Phi) is 33.7. The highest BCUT2D eigenvalue weighted by Crippen LogP contribution is 2.18. The van der Waals surface area contributed by atoms with Gasteiger partial charge in [-0.25, -0.2) is 0 Å². The second-order valence-electron chi connectivity index (χ2n) is 12.8. The summed E-state index contributed by atoms with van der Waals surface area (Å²) in [5, 5.41) is 11.0. The number of carbonyl (C=O) groups is 3. The van der Waals surface area contributed by atoms with Crippen LogP contribution in [-0.2, 0) is 19.1 Å². The average Bonchev–Trinajstić information content (AvgIpc) is 3.04. The van der Waals surface area contributed by atoms with Crippen LogP contribution in [-0.4, -0.2) is 35.6 Å². The van der Waals surface area contributed by atoms with Crippen LogP contribution >= 0.6 is 0 Å². The lowest BCUT2D eigenvalue weighted by molar-refractivity contribution is -0.150. The van der Waals surface area contributed by atoms with Crippen LogP contribution in [0.1, 0.15) is 187 Å². The minimum atomic E-state index is -1.02. The van der Waals surface area contributed by atoms with Gasteiger partial charge in [0.2, 0.25) is 5.91 Å². The topological polar surface area (TPSA) is 92.7 Å². The molecule has 0 aromatic rings. The van der Waals surface area contributed by atoms with E-state index in [1.165, 1.54) is 83.5 Å². The number of carbonyl (C=O) groups excluding carboxylic acids is 2. The highest BCUT2D eigenvalue weighted by atomic mass is 16.5. The van der Waals surface area contributed by atoms with E-state index in [9.17, 15) is 14.4 Å². The number of ether oxygens (including phenoxy) is 1. The van der Waals surface area contributed by atoms with Crippen molar-refractivity contribution in [1.29, 1.82) is 0 Å². The first kappa shape index (κ1) is 43.6. The van der Waals surface area contributed by atoms with Crippen LogP contribution in [0.4, 0.5) is 0 Å². The zero-order valence-corrected chi connectivity index (χ0v) is 29.9. The fraction of sp³-hybridized carbons (Fsp3) is 0.775. The van der Waals surface area contributed by atoms with Gasteiger partial charge in [0, 0.05) is 12.8 Å². The molecule has 1 unspecified atom stereocenters. The van der Waals surface area contributed by atoms with E-state index in [2.05, 4.69) is 55.6 Å². The Bertz CT molecular complexity index is 803. The van der Waals surface area contributed by atoms with Gasteiger partial charge in [-0.05, 0) is 77.0 Å². The molecule has 0 aromatic carbocycles. The summed E-state index contributed by atoms with van der Waals surface area (Å²) in [5.41, 5.74) is 0. The number of amides is 1. The van der Waals surface area contributed by atoms with Crippen LogP contribution in [0.2, 0.25) is 0 Å². The highest BCUT2D eigenvalue weighted by molar-refractivity contribution is 5.80. The molecule has 1 amide bonds. The molecule has 0 rings (SSSR count). The number of hydrogen-bond acceptors (Lipinski definition) is 4. The lowest BCUT2D eigenvalue weighted by Gasteiger charge is -2.18. The molecule has 0 spiro atoms. The van der Waals surface area contributed by atoms with E-state index in [1.54, 1.807) is 0 Å². The van der Waals surface area contributed by atoms with E-state index in [0.29, 0.717) is 12.8 Å². The maximum Gasteiger partial charge on any atom is 0.322 e. The maximum atomic E-state index is 12.5. The normalized spacial score (nSPS) is 12.4. The molecule has 0 heterocycles. The van der Waals surface area contributed by atoms with Gasteiger partial charge in [-0.3, -0.25) is 14.4 Å². The molecule has 0 aromatic heterocycles. The molecule has 0 saturated heterocycles. The first-order valence-electron chi connectivity index (χ1n) is 19.1. The summed E-state index contributed by atoms with van der Waals surface area (Å²) in [6.45, 7) is 4.14. The summed E-state index contributed by atoms with van der Waals surface area (Å²) >= 11 is 0. The molecule has 0 bridgehead atoms. The molecule has 266 valence electrons. The van der Waals surface area contributed by atoms with Crippen LogP contribution in [0.5, 0.6) is 0 Å². The van der Waals surface area contributed by atoms with Crippen LogP contribution in [0, 0.1) is 0 Å². The summed E-state index contributed by atoms with van der Waals surface area (Å²) in [7, 11) is 0. The van der Waals surface area contributed by atoms with Crippen molar-refractivity contribution in [1.82, 2.24) is 5.32 Å². The van der Waals surface area contributed by atoms with Crippen molar-refractivity contribution in [2.24, 2.45) is 0 Å². The van der Waals surface area contributed by atoms with Crippen molar-refractivity contribution in [2.45, 2.75) is 193 Å². The van der Waals surface area contributed by atoms with Crippen LogP contribution in [0.25, 0.3) is 0 Å². The van der Waals surface area contributed by atoms with Crippen LogP contribution in [0.15, 0.2) is 36.5 Å². The van der Waals surface area contributed by atoms with Gasteiger partial charge in [0.05, 0.1) is 0 Å². The number of rotatable bonds is 34. The molecule has 0 fully saturated rings. The number of carboxylic acid groups (broad SMARTS) is 1. The maximum absolute atomic E-state index is 12.5. The molecule has 0 aliphatic rings. The third-order valence-corrected chi connectivity index (χ3v) is 8.31. The first-order chi connectivity index (χ1) is 22.5. The molecule has 1 atom stereocenters. The molecule has 2 N–H and O–H groups in total. The van der Waals surface area contributed by atoms with E-state index in [4.69, 9.17) is 9.84 Å². The minimum absolute atomic E-state index is 0.00138. The molecule has 6 nitrogen and oxygen atoms in total. The van der Waals surface area contributed by atoms with Gasteiger partial charge >= 0.3 is 11.9 Å². The highest BCUT2D eigenvalue weighted by Gasteiger charge is 2.14. The van der Waals surface area contributed by atoms with Gasteiger partial charge in [-0.15, -0.1) is 0 Å². The lowest BCUT2D eigenvalue weighted by atomic mass is 10.0. The Morgan fingerprint density at radius 2 is 1.00 bits per heavy atom. The van der Waals surface area contributed by atoms with Crippen molar-refractivity contribution in [3.05, 3.63) is 36.5 Å². The van der Waals surface area contributed by atoms with Crippen molar-refractivity contribution in [2.75, 3.05) is 6.54 Å². The van der Waals surface area contributed by atoms with Crippen molar-refractivity contribution < 1.29 is 24.2 Å². The fourth-order valence-electron chi connectivity index (χ4n) is 5.46. The molecule has 0 saturated carbocycles. The summed E-state index contributed by atoms with van der Waals surface area (Å²) < 4.78 is 5.90. The second kappa shape index (κ2) is 35.5.